The van der Waals surface area contributed by atoms with Gasteiger partial charge >= 0.3 is 0 Å². The molecule has 1 aromatic carbocycles. The second-order valence-electron chi connectivity index (χ2n) is 6.07. The summed E-state index contributed by atoms with van der Waals surface area (Å²) in [7, 11) is 0. The van der Waals surface area contributed by atoms with E-state index in [1.165, 1.54) is 0 Å². The van der Waals surface area contributed by atoms with E-state index in [1.54, 1.807) is 30.1 Å². The van der Waals surface area contributed by atoms with Crippen molar-refractivity contribution in [3.8, 4) is 5.69 Å². The number of aliphatic hydroxyl groups excluding tert-OH is 1. The van der Waals surface area contributed by atoms with E-state index < -0.39 is 0 Å². The number of carbonyl (C=O) groups is 1. The molecule has 0 radical (unpaired) electrons. The monoisotopic (exact) mass is 348 g/mol. The van der Waals surface area contributed by atoms with Crippen molar-refractivity contribution < 1.29 is 9.90 Å². The van der Waals surface area contributed by atoms with Gasteiger partial charge in [0, 0.05) is 38.9 Å². The van der Waals surface area contributed by atoms with Crippen molar-refractivity contribution in [2.75, 3.05) is 32.7 Å². The molecule has 1 aliphatic heterocycles. The van der Waals surface area contributed by atoms with Gasteiger partial charge in [0.1, 0.15) is 0 Å². The van der Waals surface area contributed by atoms with Gasteiger partial charge in [-0.25, -0.2) is 4.68 Å². The van der Waals surface area contributed by atoms with Crippen LogP contribution in [0.3, 0.4) is 0 Å². The van der Waals surface area contributed by atoms with Gasteiger partial charge in [-0.15, -0.1) is 0 Å². The van der Waals surface area contributed by atoms with E-state index in [0.29, 0.717) is 30.2 Å². The van der Waals surface area contributed by atoms with Crippen molar-refractivity contribution in [1.29, 1.82) is 0 Å². The first-order chi connectivity index (χ1) is 11.5. The van der Waals surface area contributed by atoms with Crippen LogP contribution in [0.25, 0.3) is 5.69 Å². The minimum Gasteiger partial charge on any atom is -0.392 e. The van der Waals surface area contributed by atoms with Crippen molar-refractivity contribution in [3.05, 3.63) is 47.2 Å². The van der Waals surface area contributed by atoms with E-state index in [1.807, 2.05) is 23.1 Å². The highest BCUT2D eigenvalue weighted by atomic mass is 35.5. The molecule has 1 saturated heterocycles. The van der Waals surface area contributed by atoms with Crippen LogP contribution in [0.2, 0.25) is 5.02 Å². The quantitative estimate of drug-likeness (QED) is 0.913. The van der Waals surface area contributed by atoms with Crippen molar-refractivity contribution in [1.82, 2.24) is 19.6 Å². The number of β-amino-alcohol motifs (C(OH)–C–C–N with tert-alkyl or cyclic N) is 1. The van der Waals surface area contributed by atoms with E-state index in [2.05, 4.69) is 10.00 Å². The number of benzene rings is 1. The van der Waals surface area contributed by atoms with Crippen LogP contribution in [0.1, 0.15) is 17.3 Å². The summed E-state index contributed by atoms with van der Waals surface area (Å²) in [6.07, 6.45) is 2.95. The lowest BCUT2D eigenvalue weighted by molar-refractivity contribution is 0.0554. The van der Waals surface area contributed by atoms with Crippen LogP contribution in [0, 0.1) is 0 Å². The van der Waals surface area contributed by atoms with Crippen LogP contribution in [0.5, 0.6) is 0 Å². The minimum atomic E-state index is -0.346. The molecule has 6 nitrogen and oxygen atoms in total. The molecule has 0 unspecified atom stereocenters. The summed E-state index contributed by atoms with van der Waals surface area (Å²) in [5.41, 5.74) is 1.30. The first-order valence-corrected chi connectivity index (χ1v) is 8.41. The number of para-hydroxylation sites is 1. The molecule has 1 atom stereocenters. The molecule has 1 aliphatic rings. The Bertz CT molecular complexity index is 708. The number of hydrogen-bond donors (Lipinski definition) is 1. The lowest BCUT2D eigenvalue weighted by atomic mass is 10.2. The number of nitrogens with zero attached hydrogens (tertiary/aromatic N) is 4. The number of halogens is 1. The third-order valence-corrected chi connectivity index (χ3v) is 4.43. The van der Waals surface area contributed by atoms with Crippen LogP contribution in [0.4, 0.5) is 0 Å². The zero-order valence-corrected chi connectivity index (χ0v) is 14.4. The second kappa shape index (κ2) is 7.34. The Hall–Kier alpha value is -1.89. The van der Waals surface area contributed by atoms with Crippen molar-refractivity contribution >= 4 is 17.5 Å². The number of aliphatic hydroxyl groups is 1. The van der Waals surface area contributed by atoms with Gasteiger partial charge in [-0.3, -0.25) is 9.69 Å². The molecule has 2 aromatic rings. The molecule has 128 valence electrons. The lowest BCUT2D eigenvalue weighted by Gasteiger charge is -2.35. The molecular formula is C17H21ClN4O2. The van der Waals surface area contributed by atoms with Crippen LogP contribution < -0.4 is 0 Å². The maximum Gasteiger partial charge on any atom is 0.257 e. The highest BCUT2D eigenvalue weighted by molar-refractivity contribution is 6.32. The summed E-state index contributed by atoms with van der Waals surface area (Å²) >= 11 is 6.17. The average molecular weight is 349 g/mol. The summed E-state index contributed by atoms with van der Waals surface area (Å²) in [6, 6.07) is 7.39. The van der Waals surface area contributed by atoms with Crippen LogP contribution in [-0.2, 0) is 0 Å². The molecule has 1 N–H and O–H groups in total. The van der Waals surface area contributed by atoms with Gasteiger partial charge in [0.15, 0.2) is 0 Å². The SMILES string of the molecule is C[C@H](O)CN1CCN(C(=O)c2cnn(-c3ccccc3Cl)c2)CC1. The molecule has 7 heteroatoms. The highest BCUT2D eigenvalue weighted by Crippen LogP contribution is 2.20. The maximum atomic E-state index is 12.6. The first kappa shape index (κ1) is 17.0. The number of carbonyl (C=O) groups excluding carboxylic acids is 1. The van der Waals surface area contributed by atoms with E-state index >= 15 is 0 Å². The molecule has 2 heterocycles. The first-order valence-electron chi connectivity index (χ1n) is 8.04. The number of hydrogen-bond acceptors (Lipinski definition) is 4. The van der Waals surface area contributed by atoms with Crippen molar-refractivity contribution in [3.63, 3.8) is 0 Å². The molecule has 1 aromatic heterocycles. The van der Waals surface area contributed by atoms with E-state index in [4.69, 9.17) is 11.6 Å². The zero-order valence-electron chi connectivity index (χ0n) is 13.6. The minimum absolute atomic E-state index is 0.0231. The number of amides is 1. The van der Waals surface area contributed by atoms with Gasteiger partial charge in [-0.05, 0) is 19.1 Å². The fourth-order valence-corrected chi connectivity index (χ4v) is 3.11. The molecule has 1 amide bonds. The molecule has 24 heavy (non-hydrogen) atoms. The largest absolute Gasteiger partial charge is 0.392 e. The Morgan fingerprint density at radius 3 is 2.67 bits per heavy atom. The van der Waals surface area contributed by atoms with Crippen LogP contribution in [-0.4, -0.2) is 69.4 Å². The Kier molecular flexibility index (Phi) is 5.18. The molecule has 0 bridgehead atoms. The summed E-state index contributed by atoms with van der Waals surface area (Å²) in [6.45, 7) is 5.28. The predicted molar refractivity (Wildman–Crippen MR) is 92.6 cm³/mol. The summed E-state index contributed by atoms with van der Waals surface area (Å²) in [4.78, 5) is 16.6. The topological polar surface area (TPSA) is 61.6 Å². The lowest BCUT2D eigenvalue weighted by Crippen LogP contribution is -2.50. The van der Waals surface area contributed by atoms with Crippen LogP contribution in [0.15, 0.2) is 36.7 Å². The molecule has 0 aliphatic carbocycles. The van der Waals surface area contributed by atoms with Gasteiger partial charge in [-0.1, -0.05) is 23.7 Å². The van der Waals surface area contributed by atoms with E-state index in [0.717, 1.165) is 18.8 Å². The third-order valence-electron chi connectivity index (χ3n) is 4.11. The smallest absolute Gasteiger partial charge is 0.257 e. The average Bonchev–Trinajstić information content (AvgIpc) is 3.04. The van der Waals surface area contributed by atoms with Crippen molar-refractivity contribution in [2.45, 2.75) is 13.0 Å². The molecule has 1 fully saturated rings. The summed E-state index contributed by atoms with van der Waals surface area (Å²) < 4.78 is 1.62. The zero-order chi connectivity index (χ0) is 17.1. The van der Waals surface area contributed by atoms with Gasteiger partial charge in [-0.2, -0.15) is 5.10 Å². The molecule has 0 saturated carbocycles. The third kappa shape index (κ3) is 3.77. The van der Waals surface area contributed by atoms with Crippen molar-refractivity contribution in [2.24, 2.45) is 0 Å². The fraction of sp³-hybridized carbons (Fsp3) is 0.412. The summed E-state index contributed by atoms with van der Waals surface area (Å²) in [5.74, 6) is -0.0231. The van der Waals surface area contributed by atoms with E-state index in [-0.39, 0.29) is 12.0 Å². The highest BCUT2D eigenvalue weighted by Gasteiger charge is 2.23. The van der Waals surface area contributed by atoms with Crippen LogP contribution >= 0.6 is 11.6 Å². The number of piperazine rings is 1. The van der Waals surface area contributed by atoms with E-state index in [9.17, 15) is 9.90 Å². The molecule has 0 spiro atoms. The van der Waals surface area contributed by atoms with Gasteiger partial charge < -0.3 is 10.0 Å². The Morgan fingerprint density at radius 2 is 2.00 bits per heavy atom. The molecular weight excluding hydrogens is 328 g/mol. The normalized spacial score (nSPS) is 17.0. The second-order valence-corrected chi connectivity index (χ2v) is 6.47. The Labute approximate surface area is 146 Å². The maximum absolute atomic E-state index is 12.6. The number of aromatic nitrogens is 2. The fourth-order valence-electron chi connectivity index (χ4n) is 2.89. The van der Waals surface area contributed by atoms with Gasteiger partial charge in [0.2, 0.25) is 0 Å². The standard InChI is InChI=1S/C17H21ClN4O2/c1-13(23)11-20-6-8-21(9-7-20)17(24)14-10-19-22(12-14)16-5-3-2-4-15(16)18/h2-5,10,12-13,23H,6-9,11H2,1H3/t13-/m0/s1. The Balaban J connectivity index is 1.66. The predicted octanol–water partition coefficient (Wildman–Crippen LogP) is 1.66. The Morgan fingerprint density at radius 1 is 1.29 bits per heavy atom. The molecule has 3 rings (SSSR count). The number of rotatable bonds is 4. The summed E-state index contributed by atoms with van der Waals surface area (Å²) in [5, 5.41) is 14.3. The van der Waals surface area contributed by atoms with Gasteiger partial charge in [0.25, 0.3) is 5.91 Å². The van der Waals surface area contributed by atoms with Gasteiger partial charge in [0.05, 0.1) is 28.6 Å².